The smallest absolute Gasteiger partial charge is 0.236 e. The zero-order valence-electron chi connectivity index (χ0n) is 12.7. The van der Waals surface area contributed by atoms with Crippen LogP contribution in [-0.2, 0) is 4.79 Å². The molecule has 3 nitrogen and oxygen atoms in total. The maximum Gasteiger partial charge on any atom is 0.236 e. The van der Waals surface area contributed by atoms with Gasteiger partial charge in [-0.1, -0.05) is 48.0 Å². The fourth-order valence-electron chi connectivity index (χ4n) is 2.01. The molecule has 0 aliphatic carbocycles. The topological polar surface area (TPSA) is 42.0 Å². The summed E-state index contributed by atoms with van der Waals surface area (Å²) in [4.78, 5) is 17.6. The van der Waals surface area contributed by atoms with Gasteiger partial charge in [-0.2, -0.15) is 0 Å². The molecule has 116 valence electrons. The average Bonchev–Trinajstić information content (AvgIpc) is 3.03. The Bertz CT molecular complexity index is 782. The Labute approximate surface area is 143 Å². The Morgan fingerprint density at radius 1 is 1.13 bits per heavy atom. The number of hydrogen-bond donors (Lipinski definition) is 1. The van der Waals surface area contributed by atoms with Gasteiger partial charge < -0.3 is 5.32 Å². The van der Waals surface area contributed by atoms with E-state index in [0.717, 1.165) is 16.2 Å². The minimum Gasteiger partial charge on any atom is -0.301 e. The van der Waals surface area contributed by atoms with E-state index >= 15 is 0 Å². The number of hydrogen-bond acceptors (Lipinski definition) is 4. The van der Waals surface area contributed by atoms with Gasteiger partial charge in [0.2, 0.25) is 5.91 Å². The maximum absolute atomic E-state index is 12.0. The first-order valence-electron chi connectivity index (χ1n) is 7.21. The van der Waals surface area contributed by atoms with Crippen LogP contribution in [0, 0.1) is 6.92 Å². The Morgan fingerprint density at radius 2 is 1.87 bits per heavy atom. The number of aryl methyl sites for hydroxylation is 1. The SMILES string of the molecule is Cc1ccc(-c2csc(NC(=O)CSc3ccccc3)n2)cc1. The van der Waals surface area contributed by atoms with Gasteiger partial charge in [-0.3, -0.25) is 4.79 Å². The monoisotopic (exact) mass is 340 g/mol. The third-order valence-corrected chi connectivity index (χ3v) is 4.98. The van der Waals surface area contributed by atoms with Crippen molar-refractivity contribution in [1.29, 1.82) is 0 Å². The highest BCUT2D eigenvalue weighted by Crippen LogP contribution is 2.25. The molecule has 3 aromatic rings. The molecule has 0 saturated carbocycles. The molecule has 23 heavy (non-hydrogen) atoms. The van der Waals surface area contributed by atoms with Crippen LogP contribution >= 0.6 is 23.1 Å². The number of nitrogens with zero attached hydrogens (tertiary/aromatic N) is 1. The van der Waals surface area contributed by atoms with Gasteiger partial charge in [0.1, 0.15) is 0 Å². The molecular formula is C18H16N2OS2. The van der Waals surface area contributed by atoms with E-state index in [4.69, 9.17) is 0 Å². The Kier molecular flexibility index (Phi) is 5.10. The Balaban J connectivity index is 1.58. The molecule has 3 rings (SSSR count). The largest absolute Gasteiger partial charge is 0.301 e. The summed E-state index contributed by atoms with van der Waals surface area (Å²) in [5.41, 5.74) is 3.17. The van der Waals surface area contributed by atoms with Gasteiger partial charge in [0.25, 0.3) is 0 Å². The molecule has 1 aromatic heterocycles. The molecule has 0 atom stereocenters. The number of nitrogens with one attached hydrogen (secondary N) is 1. The highest BCUT2D eigenvalue weighted by molar-refractivity contribution is 8.00. The van der Waals surface area contributed by atoms with E-state index in [1.54, 1.807) is 0 Å². The van der Waals surface area contributed by atoms with E-state index in [0.29, 0.717) is 10.9 Å². The quantitative estimate of drug-likeness (QED) is 0.675. The molecular weight excluding hydrogens is 324 g/mol. The van der Waals surface area contributed by atoms with E-state index in [-0.39, 0.29) is 5.91 Å². The lowest BCUT2D eigenvalue weighted by Crippen LogP contribution is -2.13. The zero-order chi connectivity index (χ0) is 16.1. The van der Waals surface area contributed by atoms with Crippen LogP contribution in [0.1, 0.15) is 5.56 Å². The third-order valence-electron chi connectivity index (χ3n) is 3.21. The van der Waals surface area contributed by atoms with E-state index in [2.05, 4.69) is 29.4 Å². The molecule has 0 aliphatic rings. The first kappa shape index (κ1) is 15.8. The number of carbonyl (C=O) groups is 1. The summed E-state index contributed by atoms with van der Waals surface area (Å²) in [6.45, 7) is 2.06. The van der Waals surface area contributed by atoms with Crippen LogP contribution in [0.15, 0.2) is 64.9 Å². The number of carbonyl (C=O) groups excluding carboxylic acids is 1. The van der Waals surface area contributed by atoms with Crippen LogP contribution in [0.2, 0.25) is 0 Å². The number of thiazole rings is 1. The lowest BCUT2D eigenvalue weighted by Gasteiger charge is -2.02. The first-order chi connectivity index (χ1) is 11.2. The molecule has 5 heteroatoms. The van der Waals surface area contributed by atoms with Crippen molar-refractivity contribution in [2.75, 3.05) is 11.1 Å². The molecule has 0 saturated heterocycles. The van der Waals surface area contributed by atoms with Gasteiger partial charge in [0, 0.05) is 15.8 Å². The zero-order valence-corrected chi connectivity index (χ0v) is 14.3. The lowest BCUT2D eigenvalue weighted by atomic mass is 10.1. The second-order valence-corrected chi connectivity index (χ2v) is 6.96. The van der Waals surface area contributed by atoms with Crippen LogP contribution < -0.4 is 5.32 Å². The number of rotatable bonds is 5. The maximum atomic E-state index is 12.0. The van der Waals surface area contributed by atoms with E-state index in [1.165, 1.54) is 28.7 Å². The predicted molar refractivity (Wildman–Crippen MR) is 98.1 cm³/mol. The van der Waals surface area contributed by atoms with Gasteiger partial charge in [0.05, 0.1) is 11.4 Å². The normalized spacial score (nSPS) is 10.5. The molecule has 1 heterocycles. The second-order valence-electron chi connectivity index (χ2n) is 5.05. The van der Waals surface area contributed by atoms with E-state index < -0.39 is 0 Å². The second kappa shape index (κ2) is 7.44. The lowest BCUT2D eigenvalue weighted by molar-refractivity contribution is -0.113. The van der Waals surface area contributed by atoms with Crippen molar-refractivity contribution in [3.63, 3.8) is 0 Å². The van der Waals surface area contributed by atoms with Crippen molar-refractivity contribution in [3.05, 3.63) is 65.5 Å². The summed E-state index contributed by atoms with van der Waals surface area (Å²) in [6, 6.07) is 18.1. The van der Waals surface area contributed by atoms with Crippen LogP contribution in [0.25, 0.3) is 11.3 Å². The fourth-order valence-corrected chi connectivity index (χ4v) is 3.46. The van der Waals surface area contributed by atoms with Crippen molar-refractivity contribution >= 4 is 34.1 Å². The molecule has 1 N–H and O–H groups in total. The molecule has 0 bridgehead atoms. The highest BCUT2D eigenvalue weighted by Gasteiger charge is 2.08. The van der Waals surface area contributed by atoms with Gasteiger partial charge in [-0.05, 0) is 19.1 Å². The van der Waals surface area contributed by atoms with Crippen molar-refractivity contribution in [1.82, 2.24) is 4.98 Å². The number of anilines is 1. The van der Waals surface area contributed by atoms with Crippen LogP contribution in [0.3, 0.4) is 0 Å². The van der Waals surface area contributed by atoms with Crippen LogP contribution in [0.5, 0.6) is 0 Å². The Morgan fingerprint density at radius 3 is 2.61 bits per heavy atom. The third kappa shape index (κ3) is 4.43. The highest BCUT2D eigenvalue weighted by atomic mass is 32.2. The van der Waals surface area contributed by atoms with Crippen LogP contribution in [-0.4, -0.2) is 16.6 Å². The minimum atomic E-state index is -0.0383. The summed E-state index contributed by atoms with van der Waals surface area (Å²) >= 11 is 2.96. The summed E-state index contributed by atoms with van der Waals surface area (Å²) in [5, 5.41) is 5.46. The van der Waals surface area contributed by atoms with E-state index in [9.17, 15) is 4.79 Å². The molecule has 0 spiro atoms. The van der Waals surface area contributed by atoms with Crippen molar-refractivity contribution in [2.24, 2.45) is 0 Å². The van der Waals surface area contributed by atoms with Gasteiger partial charge >= 0.3 is 0 Å². The fraction of sp³-hybridized carbons (Fsp3) is 0.111. The van der Waals surface area contributed by atoms with E-state index in [1.807, 2.05) is 47.8 Å². The van der Waals surface area contributed by atoms with Gasteiger partial charge in [-0.25, -0.2) is 4.98 Å². The summed E-state index contributed by atoms with van der Waals surface area (Å²) < 4.78 is 0. The standard InChI is InChI=1S/C18H16N2OS2/c1-13-7-9-14(10-8-13)16-11-23-18(19-16)20-17(21)12-22-15-5-3-2-4-6-15/h2-11H,12H2,1H3,(H,19,20,21). The average molecular weight is 340 g/mol. The molecule has 1 amide bonds. The molecule has 2 aromatic carbocycles. The van der Waals surface area contributed by atoms with Crippen molar-refractivity contribution in [2.45, 2.75) is 11.8 Å². The first-order valence-corrected chi connectivity index (χ1v) is 9.07. The number of amides is 1. The Hall–Kier alpha value is -2.11. The number of thioether (sulfide) groups is 1. The predicted octanol–water partition coefficient (Wildman–Crippen LogP) is 4.85. The summed E-state index contributed by atoms with van der Waals surface area (Å²) in [7, 11) is 0. The summed E-state index contributed by atoms with van der Waals surface area (Å²) in [6.07, 6.45) is 0. The molecule has 0 fully saturated rings. The van der Waals surface area contributed by atoms with Crippen molar-refractivity contribution < 1.29 is 4.79 Å². The number of aromatic nitrogens is 1. The van der Waals surface area contributed by atoms with Crippen LogP contribution in [0.4, 0.5) is 5.13 Å². The molecule has 0 unspecified atom stereocenters. The number of benzene rings is 2. The molecule has 0 radical (unpaired) electrons. The molecule has 0 aliphatic heterocycles. The summed E-state index contributed by atoms with van der Waals surface area (Å²) in [5.74, 6) is 0.340. The minimum absolute atomic E-state index is 0.0383. The van der Waals surface area contributed by atoms with Crippen molar-refractivity contribution in [3.8, 4) is 11.3 Å². The van der Waals surface area contributed by atoms with Gasteiger partial charge in [-0.15, -0.1) is 23.1 Å². The van der Waals surface area contributed by atoms with Gasteiger partial charge in [0.15, 0.2) is 5.13 Å².